The number of aromatic nitrogens is 2. The van der Waals surface area contributed by atoms with Crippen LogP contribution in [0.5, 0.6) is 0 Å². The molecular weight excluding hydrogens is 242 g/mol. The average molecular weight is 261 g/mol. The van der Waals surface area contributed by atoms with E-state index in [0.717, 1.165) is 50.5 Å². The molecule has 0 spiro atoms. The fraction of sp³-hybridized carbons (Fsp3) is 0.786. The van der Waals surface area contributed by atoms with E-state index in [0.29, 0.717) is 23.7 Å². The molecule has 2 aliphatic carbocycles. The standard InChI is InChI=1S/C14H19N3O2/c18-14(11-3-4-11)17-6-5-9(8-17)7-12-15-13(19-16-12)10-1-2-10/h9-11H,1-8H2. The highest BCUT2D eigenvalue weighted by Gasteiger charge is 2.37. The Balaban J connectivity index is 1.34. The summed E-state index contributed by atoms with van der Waals surface area (Å²) in [5.41, 5.74) is 0. The van der Waals surface area contributed by atoms with Crippen molar-refractivity contribution in [3.63, 3.8) is 0 Å². The van der Waals surface area contributed by atoms with E-state index in [9.17, 15) is 4.79 Å². The number of rotatable bonds is 4. The lowest BCUT2D eigenvalue weighted by atomic mass is 10.1. The van der Waals surface area contributed by atoms with Crippen LogP contribution in [-0.4, -0.2) is 34.0 Å². The minimum absolute atomic E-state index is 0.338. The number of nitrogens with zero attached hydrogens (tertiary/aromatic N) is 3. The Morgan fingerprint density at radius 2 is 2.11 bits per heavy atom. The zero-order chi connectivity index (χ0) is 12.8. The van der Waals surface area contributed by atoms with Gasteiger partial charge in [0.2, 0.25) is 11.8 Å². The summed E-state index contributed by atoms with van der Waals surface area (Å²) < 4.78 is 5.28. The van der Waals surface area contributed by atoms with Crippen molar-refractivity contribution in [2.75, 3.05) is 13.1 Å². The molecule has 19 heavy (non-hydrogen) atoms. The molecule has 0 radical (unpaired) electrons. The van der Waals surface area contributed by atoms with Gasteiger partial charge in [0.1, 0.15) is 0 Å². The molecule has 2 heterocycles. The molecule has 1 amide bonds. The summed E-state index contributed by atoms with van der Waals surface area (Å²) in [5.74, 6) is 3.39. The normalized spacial score (nSPS) is 26.9. The molecule has 0 bridgehead atoms. The second kappa shape index (κ2) is 4.32. The van der Waals surface area contributed by atoms with E-state index in [1.54, 1.807) is 0 Å². The Morgan fingerprint density at radius 1 is 1.26 bits per heavy atom. The van der Waals surface area contributed by atoms with Crippen LogP contribution >= 0.6 is 0 Å². The summed E-state index contributed by atoms with van der Waals surface area (Å²) in [6, 6.07) is 0. The number of hydrogen-bond donors (Lipinski definition) is 0. The van der Waals surface area contributed by atoms with Crippen molar-refractivity contribution in [1.82, 2.24) is 15.0 Å². The van der Waals surface area contributed by atoms with Gasteiger partial charge in [-0.1, -0.05) is 5.16 Å². The first-order valence-electron chi connectivity index (χ1n) is 7.41. The number of amides is 1. The van der Waals surface area contributed by atoms with Crippen LogP contribution in [0.3, 0.4) is 0 Å². The molecule has 3 aliphatic rings. The summed E-state index contributed by atoms with van der Waals surface area (Å²) in [7, 11) is 0. The van der Waals surface area contributed by atoms with Crippen molar-refractivity contribution >= 4 is 5.91 Å². The Bertz CT molecular complexity index is 491. The third kappa shape index (κ3) is 2.38. The Labute approximate surface area is 112 Å². The second-order valence-electron chi connectivity index (χ2n) is 6.24. The summed E-state index contributed by atoms with van der Waals surface area (Å²) in [6.07, 6.45) is 6.49. The predicted molar refractivity (Wildman–Crippen MR) is 67.4 cm³/mol. The fourth-order valence-electron chi connectivity index (χ4n) is 2.89. The summed E-state index contributed by atoms with van der Waals surface area (Å²) in [6.45, 7) is 1.79. The van der Waals surface area contributed by atoms with E-state index in [-0.39, 0.29) is 0 Å². The lowest BCUT2D eigenvalue weighted by Gasteiger charge is -2.15. The SMILES string of the molecule is O=C(C1CC1)N1CCC(Cc2noc(C3CC3)n2)C1. The van der Waals surface area contributed by atoms with Gasteiger partial charge in [0.15, 0.2) is 5.82 Å². The van der Waals surface area contributed by atoms with Crippen molar-refractivity contribution in [3.05, 3.63) is 11.7 Å². The van der Waals surface area contributed by atoms with Crippen molar-refractivity contribution in [3.8, 4) is 0 Å². The van der Waals surface area contributed by atoms with E-state index in [2.05, 4.69) is 10.1 Å². The van der Waals surface area contributed by atoms with Crippen LogP contribution < -0.4 is 0 Å². The van der Waals surface area contributed by atoms with Crippen LogP contribution in [0, 0.1) is 11.8 Å². The molecule has 1 saturated heterocycles. The molecular formula is C14H19N3O2. The van der Waals surface area contributed by atoms with Crippen molar-refractivity contribution in [2.24, 2.45) is 11.8 Å². The second-order valence-corrected chi connectivity index (χ2v) is 6.24. The molecule has 1 aliphatic heterocycles. The van der Waals surface area contributed by atoms with Crippen LogP contribution in [0.2, 0.25) is 0 Å². The lowest BCUT2D eigenvalue weighted by molar-refractivity contribution is -0.131. The number of likely N-dealkylation sites (tertiary alicyclic amines) is 1. The van der Waals surface area contributed by atoms with E-state index in [1.807, 2.05) is 4.90 Å². The van der Waals surface area contributed by atoms with Gasteiger partial charge in [-0.3, -0.25) is 4.79 Å². The van der Waals surface area contributed by atoms with Crippen LogP contribution in [-0.2, 0) is 11.2 Å². The van der Waals surface area contributed by atoms with E-state index in [1.165, 1.54) is 12.8 Å². The highest BCUT2D eigenvalue weighted by molar-refractivity contribution is 5.81. The van der Waals surface area contributed by atoms with Crippen LogP contribution in [0.15, 0.2) is 4.52 Å². The van der Waals surface area contributed by atoms with Gasteiger partial charge < -0.3 is 9.42 Å². The Kier molecular flexibility index (Phi) is 2.60. The highest BCUT2D eigenvalue weighted by Crippen LogP contribution is 2.39. The van der Waals surface area contributed by atoms with Gasteiger partial charge in [0.05, 0.1) is 0 Å². The quantitative estimate of drug-likeness (QED) is 0.828. The zero-order valence-corrected chi connectivity index (χ0v) is 11.0. The molecule has 1 atom stereocenters. The van der Waals surface area contributed by atoms with Crippen molar-refractivity contribution in [2.45, 2.75) is 44.4 Å². The third-order valence-electron chi connectivity index (χ3n) is 4.41. The molecule has 1 aromatic rings. The van der Waals surface area contributed by atoms with Crippen LogP contribution in [0.4, 0.5) is 0 Å². The van der Waals surface area contributed by atoms with E-state index >= 15 is 0 Å². The third-order valence-corrected chi connectivity index (χ3v) is 4.41. The molecule has 0 N–H and O–H groups in total. The molecule has 5 heteroatoms. The minimum atomic E-state index is 0.338. The first-order chi connectivity index (χ1) is 9.29. The van der Waals surface area contributed by atoms with Gasteiger partial charge in [-0.25, -0.2) is 0 Å². The number of hydrogen-bond acceptors (Lipinski definition) is 4. The van der Waals surface area contributed by atoms with E-state index < -0.39 is 0 Å². The summed E-state index contributed by atoms with van der Waals surface area (Å²) in [4.78, 5) is 18.5. The maximum atomic E-state index is 12.0. The number of carbonyl (C=O) groups is 1. The van der Waals surface area contributed by atoms with Crippen LogP contribution in [0.1, 0.15) is 49.7 Å². The highest BCUT2D eigenvalue weighted by atomic mass is 16.5. The largest absolute Gasteiger partial charge is 0.342 e. The van der Waals surface area contributed by atoms with Gasteiger partial charge in [-0.05, 0) is 38.0 Å². The predicted octanol–water partition coefficient (Wildman–Crippen LogP) is 1.75. The molecule has 5 nitrogen and oxygen atoms in total. The van der Waals surface area contributed by atoms with Crippen molar-refractivity contribution < 1.29 is 9.32 Å². The molecule has 3 fully saturated rings. The first kappa shape index (κ1) is 11.4. The molecule has 4 rings (SSSR count). The fourth-order valence-corrected chi connectivity index (χ4v) is 2.89. The van der Waals surface area contributed by atoms with Gasteiger partial charge in [0, 0.05) is 31.3 Å². The van der Waals surface area contributed by atoms with Gasteiger partial charge >= 0.3 is 0 Å². The summed E-state index contributed by atoms with van der Waals surface area (Å²) in [5, 5.41) is 4.07. The van der Waals surface area contributed by atoms with Crippen LogP contribution in [0.25, 0.3) is 0 Å². The van der Waals surface area contributed by atoms with Gasteiger partial charge in [-0.2, -0.15) is 4.98 Å². The van der Waals surface area contributed by atoms with E-state index in [4.69, 9.17) is 4.52 Å². The Hall–Kier alpha value is -1.39. The summed E-state index contributed by atoms with van der Waals surface area (Å²) >= 11 is 0. The maximum Gasteiger partial charge on any atom is 0.229 e. The van der Waals surface area contributed by atoms with Gasteiger partial charge in [-0.15, -0.1) is 0 Å². The monoisotopic (exact) mass is 261 g/mol. The first-order valence-corrected chi connectivity index (χ1v) is 7.41. The van der Waals surface area contributed by atoms with Crippen molar-refractivity contribution in [1.29, 1.82) is 0 Å². The average Bonchev–Trinajstić information content (AvgIpc) is 3.34. The molecule has 1 unspecified atom stereocenters. The maximum absolute atomic E-state index is 12.0. The zero-order valence-electron chi connectivity index (χ0n) is 11.0. The van der Waals surface area contributed by atoms with Gasteiger partial charge in [0.25, 0.3) is 0 Å². The smallest absolute Gasteiger partial charge is 0.229 e. The molecule has 0 aromatic carbocycles. The Morgan fingerprint density at radius 3 is 2.84 bits per heavy atom. The molecule has 1 aromatic heterocycles. The molecule has 102 valence electrons. The topological polar surface area (TPSA) is 59.2 Å². The minimum Gasteiger partial charge on any atom is -0.342 e. The lowest BCUT2D eigenvalue weighted by Crippen LogP contribution is -2.30. The molecule has 2 saturated carbocycles. The number of carbonyl (C=O) groups excluding carboxylic acids is 1.